The summed E-state index contributed by atoms with van der Waals surface area (Å²) in [4.78, 5) is 11.6. The molecule has 1 aromatic heterocycles. The quantitative estimate of drug-likeness (QED) is 0.793. The summed E-state index contributed by atoms with van der Waals surface area (Å²) in [6.07, 6.45) is 5.05. The summed E-state index contributed by atoms with van der Waals surface area (Å²) in [6, 6.07) is 4.78. The van der Waals surface area contributed by atoms with Gasteiger partial charge in [0.15, 0.2) is 0 Å². The molecule has 1 fully saturated rings. The van der Waals surface area contributed by atoms with Gasteiger partial charge in [-0.05, 0) is 31.0 Å². The minimum absolute atomic E-state index is 0.242. The molecule has 0 saturated heterocycles. The molecule has 1 aromatic carbocycles. The molecular formula is C16H18FNO2S. The molecule has 3 rings (SSSR count). The van der Waals surface area contributed by atoms with Gasteiger partial charge in [-0.3, -0.25) is 0 Å². The molecule has 1 saturated carbocycles. The summed E-state index contributed by atoms with van der Waals surface area (Å²) in [7, 11) is 0. The predicted molar refractivity (Wildman–Crippen MR) is 82.4 cm³/mol. The number of hydrogen-bond donors (Lipinski definition) is 2. The lowest BCUT2D eigenvalue weighted by Gasteiger charge is -2.25. The number of carboxylic acid groups (broad SMARTS) is 1. The lowest BCUT2D eigenvalue weighted by Crippen LogP contribution is -2.21. The van der Waals surface area contributed by atoms with Crippen LogP contribution in [0.5, 0.6) is 0 Å². The van der Waals surface area contributed by atoms with Gasteiger partial charge >= 0.3 is 5.97 Å². The van der Waals surface area contributed by atoms with Gasteiger partial charge in [-0.15, -0.1) is 11.3 Å². The maximum Gasteiger partial charge on any atom is 0.346 e. The molecule has 0 unspecified atom stereocenters. The van der Waals surface area contributed by atoms with Crippen LogP contribution in [-0.2, 0) is 6.54 Å². The van der Waals surface area contributed by atoms with Crippen molar-refractivity contribution in [1.29, 1.82) is 0 Å². The SMILES string of the molecule is O=C(O)c1sc2cccc(F)c2c1CNCCC1CCC1. The Labute approximate surface area is 126 Å². The Morgan fingerprint density at radius 2 is 2.24 bits per heavy atom. The Bertz CT molecular complexity index is 664. The van der Waals surface area contributed by atoms with E-state index >= 15 is 0 Å². The van der Waals surface area contributed by atoms with Crippen LogP contribution in [0.2, 0.25) is 0 Å². The van der Waals surface area contributed by atoms with Gasteiger partial charge in [0.05, 0.1) is 0 Å². The van der Waals surface area contributed by atoms with Gasteiger partial charge in [0.1, 0.15) is 10.7 Å². The third kappa shape index (κ3) is 2.94. The molecule has 3 nitrogen and oxygen atoms in total. The van der Waals surface area contributed by atoms with E-state index in [1.807, 2.05) is 0 Å². The number of fused-ring (bicyclic) bond motifs is 1. The van der Waals surface area contributed by atoms with Gasteiger partial charge in [0.25, 0.3) is 0 Å². The maximum atomic E-state index is 14.0. The third-order valence-corrected chi connectivity index (χ3v) is 5.40. The Balaban J connectivity index is 1.78. The number of thiophene rings is 1. The number of carboxylic acids is 1. The Kier molecular flexibility index (Phi) is 4.22. The smallest absolute Gasteiger partial charge is 0.346 e. The summed E-state index contributed by atoms with van der Waals surface area (Å²) in [5.41, 5.74) is 0.578. The van der Waals surface area contributed by atoms with Crippen LogP contribution in [0.25, 0.3) is 10.1 Å². The van der Waals surface area contributed by atoms with Crippen LogP contribution in [0, 0.1) is 11.7 Å². The lowest BCUT2D eigenvalue weighted by atomic mass is 9.83. The summed E-state index contributed by atoms with van der Waals surface area (Å²) in [5, 5.41) is 13.0. The molecule has 0 spiro atoms. The molecule has 1 aliphatic rings. The van der Waals surface area contributed by atoms with Crippen LogP contribution >= 0.6 is 11.3 Å². The van der Waals surface area contributed by atoms with E-state index in [-0.39, 0.29) is 10.7 Å². The molecule has 2 N–H and O–H groups in total. The fourth-order valence-corrected chi connectivity index (χ4v) is 3.88. The van der Waals surface area contributed by atoms with Crippen molar-refractivity contribution < 1.29 is 14.3 Å². The first-order valence-corrected chi connectivity index (χ1v) is 8.12. The first-order chi connectivity index (χ1) is 10.2. The Morgan fingerprint density at radius 3 is 2.90 bits per heavy atom. The highest BCUT2D eigenvalue weighted by Crippen LogP contribution is 2.33. The molecule has 1 aliphatic carbocycles. The zero-order valence-electron chi connectivity index (χ0n) is 11.7. The van der Waals surface area contributed by atoms with Crippen molar-refractivity contribution in [2.45, 2.75) is 32.2 Å². The van der Waals surface area contributed by atoms with Crippen LogP contribution in [-0.4, -0.2) is 17.6 Å². The minimum Gasteiger partial charge on any atom is -0.477 e. The number of hydrogen-bond acceptors (Lipinski definition) is 3. The van der Waals surface area contributed by atoms with Crippen LogP contribution in [0.15, 0.2) is 18.2 Å². The number of halogens is 1. The van der Waals surface area contributed by atoms with E-state index in [0.717, 1.165) is 30.2 Å². The summed E-state index contributed by atoms with van der Waals surface area (Å²) in [6.45, 7) is 1.27. The molecule has 21 heavy (non-hydrogen) atoms. The van der Waals surface area contributed by atoms with E-state index < -0.39 is 5.97 Å². The first kappa shape index (κ1) is 14.5. The lowest BCUT2D eigenvalue weighted by molar-refractivity contribution is 0.0701. The average molecular weight is 307 g/mol. The molecule has 0 bridgehead atoms. The van der Waals surface area contributed by atoms with Crippen molar-refractivity contribution in [2.75, 3.05) is 6.54 Å². The van der Waals surface area contributed by atoms with Crippen molar-refractivity contribution in [3.05, 3.63) is 34.5 Å². The number of rotatable bonds is 6. The fourth-order valence-electron chi connectivity index (χ4n) is 2.81. The normalized spacial score (nSPS) is 15.3. The molecule has 0 radical (unpaired) electrons. The highest BCUT2D eigenvalue weighted by Gasteiger charge is 2.20. The van der Waals surface area contributed by atoms with Crippen LogP contribution < -0.4 is 5.32 Å². The number of nitrogens with one attached hydrogen (secondary N) is 1. The second-order valence-corrected chi connectivity index (χ2v) is 6.64. The average Bonchev–Trinajstić information content (AvgIpc) is 2.77. The molecule has 2 aromatic rings. The van der Waals surface area contributed by atoms with Crippen molar-refractivity contribution in [3.8, 4) is 0 Å². The molecule has 5 heteroatoms. The minimum atomic E-state index is -0.980. The molecular weight excluding hydrogens is 289 g/mol. The van der Waals surface area contributed by atoms with E-state index in [1.165, 1.54) is 25.3 Å². The predicted octanol–water partition coefficient (Wildman–Crippen LogP) is 4.02. The van der Waals surface area contributed by atoms with Gasteiger partial charge < -0.3 is 10.4 Å². The summed E-state index contributed by atoms with van der Waals surface area (Å²) < 4.78 is 14.7. The second kappa shape index (κ2) is 6.12. The van der Waals surface area contributed by atoms with Gasteiger partial charge in [0, 0.05) is 22.2 Å². The Morgan fingerprint density at radius 1 is 1.43 bits per heavy atom. The number of carbonyl (C=O) groups is 1. The molecule has 112 valence electrons. The molecule has 0 aliphatic heterocycles. The largest absolute Gasteiger partial charge is 0.477 e. The van der Waals surface area contributed by atoms with Gasteiger partial charge in [-0.25, -0.2) is 9.18 Å². The number of aromatic carboxylic acids is 1. The highest BCUT2D eigenvalue weighted by atomic mass is 32.1. The first-order valence-electron chi connectivity index (χ1n) is 7.30. The van der Waals surface area contributed by atoms with Gasteiger partial charge in [0.2, 0.25) is 0 Å². The van der Waals surface area contributed by atoms with Gasteiger partial charge in [-0.2, -0.15) is 0 Å². The van der Waals surface area contributed by atoms with Crippen molar-refractivity contribution in [1.82, 2.24) is 5.32 Å². The monoisotopic (exact) mass is 307 g/mol. The van der Waals surface area contributed by atoms with E-state index in [9.17, 15) is 14.3 Å². The van der Waals surface area contributed by atoms with Crippen molar-refractivity contribution >= 4 is 27.4 Å². The van der Waals surface area contributed by atoms with E-state index in [0.29, 0.717) is 22.2 Å². The van der Waals surface area contributed by atoms with Crippen LogP contribution in [0.3, 0.4) is 0 Å². The number of benzene rings is 1. The maximum absolute atomic E-state index is 14.0. The summed E-state index contributed by atoms with van der Waals surface area (Å²) in [5.74, 6) is -0.508. The highest BCUT2D eigenvalue weighted by molar-refractivity contribution is 7.21. The van der Waals surface area contributed by atoms with E-state index in [2.05, 4.69) is 5.32 Å². The van der Waals surface area contributed by atoms with Crippen LogP contribution in [0.1, 0.15) is 40.9 Å². The van der Waals surface area contributed by atoms with Crippen LogP contribution in [0.4, 0.5) is 4.39 Å². The summed E-state index contributed by atoms with van der Waals surface area (Å²) >= 11 is 1.15. The third-order valence-electron chi connectivity index (χ3n) is 4.21. The fraction of sp³-hybridized carbons (Fsp3) is 0.438. The molecule has 1 heterocycles. The van der Waals surface area contributed by atoms with Crippen molar-refractivity contribution in [2.24, 2.45) is 5.92 Å². The standard InChI is InChI=1S/C16H18FNO2S/c17-12-5-2-6-13-14(12)11(15(21-13)16(19)20)9-18-8-7-10-3-1-4-10/h2,5-6,10,18H,1,3-4,7-9H2,(H,19,20). The zero-order chi connectivity index (χ0) is 14.8. The van der Waals surface area contributed by atoms with Gasteiger partial charge in [-0.1, -0.05) is 25.3 Å². The topological polar surface area (TPSA) is 49.3 Å². The Hall–Kier alpha value is -1.46. The molecule has 0 atom stereocenters. The van der Waals surface area contributed by atoms with E-state index in [4.69, 9.17) is 0 Å². The van der Waals surface area contributed by atoms with Crippen molar-refractivity contribution in [3.63, 3.8) is 0 Å². The second-order valence-electron chi connectivity index (χ2n) is 5.59. The zero-order valence-corrected chi connectivity index (χ0v) is 12.5. The molecule has 0 amide bonds. The van der Waals surface area contributed by atoms with E-state index in [1.54, 1.807) is 12.1 Å².